The summed E-state index contributed by atoms with van der Waals surface area (Å²) in [5.41, 5.74) is 0. The maximum Gasteiger partial charge on any atom is 0.116 e. The fraction of sp³-hybridized carbons (Fsp3) is 1.00. The van der Waals surface area contributed by atoms with Gasteiger partial charge in [0, 0.05) is 0 Å². The molecule has 1 aliphatic rings. The van der Waals surface area contributed by atoms with Crippen molar-refractivity contribution in [2.24, 2.45) is 5.14 Å². The molecule has 8 heavy (non-hydrogen) atoms. The molecule has 0 aromatic heterocycles. The van der Waals surface area contributed by atoms with Crippen molar-refractivity contribution in [3.8, 4) is 0 Å². The molecule has 1 rings (SSSR count). The fourth-order valence-electron chi connectivity index (χ4n) is 0.690. The highest BCUT2D eigenvalue weighted by Crippen LogP contribution is 2.26. The first-order valence-corrected chi connectivity index (χ1v) is 3.78. The first-order valence-electron chi connectivity index (χ1n) is 2.51. The van der Waals surface area contributed by atoms with E-state index >= 15 is 0 Å². The van der Waals surface area contributed by atoms with Crippen LogP contribution in [0.1, 0.15) is 12.8 Å². The van der Waals surface area contributed by atoms with Crippen LogP contribution in [-0.2, 0) is 11.0 Å². The smallest absolute Gasteiger partial charge is 0.116 e. The van der Waals surface area contributed by atoms with Crippen molar-refractivity contribution in [3.05, 3.63) is 0 Å². The summed E-state index contributed by atoms with van der Waals surface area (Å²) >= 11 is 0. The summed E-state index contributed by atoms with van der Waals surface area (Å²) in [7, 11) is -1.43. The SMILES string of the molecule is NS(=O)[C@H]1CC[C@H]1F. The van der Waals surface area contributed by atoms with Gasteiger partial charge in [0.1, 0.15) is 6.17 Å². The van der Waals surface area contributed by atoms with Gasteiger partial charge in [0.15, 0.2) is 0 Å². The molecule has 48 valence electrons. The van der Waals surface area contributed by atoms with Crippen LogP contribution in [0.4, 0.5) is 4.39 Å². The number of nitrogens with two attached hydrogens (primary N) is 1. The molecule has 2 nitrogen and oxygen atoms in total. The third-order valence-electron chi connectivity index (χ3n) is 1.43. The average Bonchev–Trinajstić information content (AvgIpc) is 1.61. The Morgan fingerprint density at radius 1 is 1.62 bits per heavy atom. The number of alkyl halides is 1. The van der Waals surface area contributed by atoms with Gasteiger partial charge in [0.05, 0.1) is 16.2 Å². The maximum atomic E-state index is 12.2. The normalized spacial score (nSPS) is 40.8. The van der Waals surface area contributed by atoms with Crippen molar-refractivity contribution in [2.45, 2.75) is 24.3 Å². The van der Waals surface area contributed by atoms with Crippen LogP contribution in [0.5, 0.6) is 0 Å². The van der Waals surface area contributed by atoms with E-state index in [-0.39, 0.29) is 5.25 Å². The van der Waals surface area contributed by atoms with Crippen molar-refractivity contribution in [1.29, 1.82) is 0 Å². The molecule has 0 heterocycles. The van der Waals surface area contributed by atoms with Gasteiger partial charge in [-0.3, -0.25) is 5.14 Å². The minimum Gasteiger partial charge on any atom is -0.251 e. The molecule has 4 heteroatoms. The highest BCUT2D eigenvalue weighted by atomic mass is 32.2. The van der Waals surface area contributed by atoms with Crippen LogP contribution in [-0.4, -0.2) is 15.6 Å². The summed E-state index contributed by atoms with van der Waals surface area (Å²) in [6.07, 6.45) is 0.318. The van der Waals surface area contributed by atoms with Gasteiger partial charge in [0.2, 0.25) is 0 Å². The lowest BCUT2D eigenvalue weighted by molar-refractivity contribution is 0.218. The molecule has 0 saturated heterocycles. The van der Waals surface area contributed by atoms with Crippen LogP contribution in [0.3, 0.4) is 0 Å². The van der Waals surface area contributed by atoms with E-state index in [9.17, 15) is 8.60 Å². The van der Waals surface area contributed by atoms with E-state index in [0.717, 1.165) is 0 Å². The minimum absolute atomic E-state index is 0.366. The zero-order valence-electron chi connectivity index (χ0n) is 4.34. The van der Waals surface area contributed by atoms with Gasteiger partial charge in [-0.25, -0.2) is 8.60 Å². The Morgan fingerprint density at radius 3 is 2.25 bits per heavy atom. The van der Waals surface area contributed by atoms with E-state index in [1.165, 1.54) is 0 Å². The topological polar surface area (TPSA) is 43.1 Å². The number of rotatable bonds is 1. The molecule has 1 aliphatic carbocycles. The lowest BCUT2D eigenvalue weighted by Crippen LogP contribution is -2.39. The first-order chi connectivity index (χ1) is 3.72. The first kappa shape index (κ1) is 6.16. The number of halogens is 1. The molecule has 0 spiro atoms. The van der Waals surface area contributed by atoms with Gasteiger partial charge in [-0.05, 0) is 12.8 Å². The zero-order valence-corrected chi connectivity index (χ0v) is 5.16. The van der Waals surface area contributed by atoms with Crippen LogP contribution in [0.25, 0.3) is 0 Å². The monoisotopic (exact) mass is 137 g/mol. The fourth-order valence-corrected chi connectivity index (χ4v) is 1.49. The molecule has 0 aliphatic heterocycles. The molecule has 0 aromatic rings. The summed E-state index contributed by atoms with van der Waals surface area (Å²) in [4.78, 5) is 0. The molecule has 0 aromatic carbocycles. The summed E-state index contributed by atoms with van der Waals surface area (Å²) < 4.78 is 22.4. The summed E-state index contributed by atoms with van der Waals surface area (Å²) in [6, 6.07) is 0. The van der Waals surface area contributed by atoms with E-state index in [2.05, 4.69) is 0 Å². The summed E-state index contributed by atoms with van der Waals surface area (Å²) in [6.45, 7) is 0. The summed E-state index contributed by atoms with van der Waals surface area (Å²) in [5.74, 6) is 0. The Morgan fingerprint density at radius 2 is 2.25 bits per heavy atom. The van der Waals surface area contributed by atoms with Crippen molar-refractivity contribution in [2.75, 3.05) is 0 Å². The molecule has 2 N–H and O–H groups in total. The van der Waals surface area contributed by atoms with Crippen LogP contribution < -0.4 is 5.14 Å². The second kappa shape index (κ2) is 2.11. The summed E-state index contributed by atoms with van der Waals surface area (Å²) in [5, 5.41) is 4.55. The number of hydrogen-bond donors (Lipinski definition) is 1. The predicted octanol–water partition coefficient (Wildman–Crippen LogP) is 0.109. The Balaban J connectivity index is 2.37. The second-order valence-electron chi connectivity index (χ2n) is 1.96. The van der Waals surface area contributed by atoms with E-state index in [1.54, 1.807) is 0 Å². The molecule has 1 fully saturated rings. The van der Waals surface area contributed by atoms with Gasteiger partial charge >= 0.3 is 0 Å². The van der Waals surface area contributed by atoms with E-state index in [0.29, 0.717) is 12.8 Å². The van der Waals surface area contributed by atoms with Crippen LogP contribution >= 0.6 is 0 Å². The van der Waals surface area contributed by atoms with Crippen LogP contribution in [0.2, 0.25) is 0 Å². The molecule has 0 amide bonds. The van der Waals surface area contributed by atoms with Crippen molar-refractivity contribution >= 4 is 11.0 Å². The largest absolute Gasteiger partial charge is 0.251 e. The Kier molecular flexibility index (Phi) is 1.62. The quantitative estimate of drug-likeness (QED) is 0.547. The van der Waals surface area contributed by atoms with Crippen LogP contribution in [0.15, 0.2) is 0 Å². The van der Waals surface area contributed by atoms with E-state index in [1.807, 2.05) is 0 Å². The van der Waals surface area contributed by atoms with Gasteiger partial charge in [-0.2, -0.15) is 0 Å². The van der Waals surface area contributed by atoms with Crippen LogP contribution in [0, 0.1) is 0 Å². The zero-order chi connectivity index (χ0) is 6.15. The van der Waals surface area contributed by atoms with Crippen molar-refractivity contribution in [1.82, 2.24) is 0 Å². The van der Waals surface area contributed by atoms with Gasteiger partial charge in [-0.15, -0.1) is 0 Å². The third kappa shape index (κ3) is 0.902. The molecule has 0 radical (unpaired) electrons. The minimum atomic E-state index is -1.43. The van der Waals surface area contributed by atoms with Crippen molar-refractivity contribution < 1.29 is 8.60 Å². The molecule has 0 bridgehead atoms. The maximum absolute atomic E-state index is 12.2. The average molecular weight is 137 g/mol. The molecule has 1 unspecified atom stereocenters. The van der Waals surface area contributed by atoms with E-state index < -0.39 is 17.2 Å². The Bertz CT molecular complexity index is 119. The predicted molar refractivity (Wildman–Crippen MR) is 30.2 cm³/mol. The standard InChI is InChI=1S/C4H8FNOS/c5-3-1-2-4(3)8(6)7/h3-4H,1-2,6H2/t3-,4+,8?/m1/s1. The lowest BCUT2D eigenvalue weighted by Gasteiger charge is -2.27. The second-order valence-corrected chi connectivity index (χ2v) is 3.22. The molecular weight excluding hydrogens is 129 g/mol. The highest BCUT2D eigenvalue weighted by molar-refractivity contribution is 7.83. The molecule has 1 saturated carbocycles. The van der Waals surface area contributed by atoms with Gasteiger partial charge in [-0.1, -0.05) is 0 Å². The molecule has 3 atom stereocenters. The Hall–Kier alpha value is 0.0400. The number of hydrogen-bond acceptors (Lipinski definition) is 1. The van der Waals surface area contributed by atoms with E-state index in [4.69, 9.17) is 5.14 Å². The molecular formula is C4H8FNOS. The highest BCUT2D eigenvalue weighted by Gasteiger charge is 2.34. The third-order valence-corrected chi connectivity index (χ3v) is 2.56. The van der Waals surface area contributed by atoms with Gasteiger partial charge in [0.25, 0.3) is 0 Å². The Labute approximate surface area is 49.8 Å². The lowest BCUT2D eigenvalue weighted by atomic mass is 9.97. The van der Waals surface area contributed by atoms with Crippen molar-refractivity contribution in [3.63, 3.8) is 0 Å². The van der Waals surface area contributed by atoms with Gasteiger partial charge < -0.3 is 0 Å².